The second-order valence-electron chi connectivity index (χ2n) is 10.1. The number of rotatable bonds is 6. The van der Waals surface area contributed by atoms with E-state index in [-0.39, 0.29) is 23.9 Å². The molecule has 0 saturated carbocycles. The lowest BCUT2D eigenvalue weighted by Gasteiger charge is -2.26. The number of nitrogens with zero attached hydrogens (tertiary/aromatic N) is 2. The number of carbonyl (C=O) groups excluding carboxylic acids is 3. The standard InChI is InChI=1S/C16H17N3O2S.C10H17NO3.C2H3FO.CH5N/c1-9(2)17-16-19-14(8-22-16)13-7-15(20)11-5-4-10(21-3)6-12(11)18-13;1-10(2,3)14-9(13)11-6-4-5-8(11)7-12;3-1-2-4;1-2/h4-9H,1-3H3,(H,17,19)(H,18,20);7-8H,4-6H2,1-3H3;2H,1H2;2H2,1H3. The number of ether oxygens (including phenoxy) is 2. The highest BCUT2D eigenvalue weighted by Gasteiger charge is 2.31. The number of alkyl halides is 1. The van der Waals surface area contributed by atoms with E-state index >= 15 is 0 Å². The van der Waals surface area contributed by atoms with E-state index in [9.17, 15) is 18.8 Å². The number of pyridine rings is 1. The van der Waals surface area contributed by atoms with Gasteiger partial charge in [-0.1, -0.05) is 0 Å². The lowest BCUT2D eigenvalue weighted by Crippen LogP contribution is -2.40. The molecule has 232 valence electrons. The number of likely N-dealkylation sites (tertiary alicyclic amines) is 1. The number of nitrogens with one attached hydrogen (secondary N) is 2. The largest absolute Gasteiger partial charge is 0.497 e. The van der Waals surface area contributed by atoms with Crippen molar-refractivity contribution in [1.29, 1.82) is 0 Å². The first-order valence-electron chi connectivity index (χ1n) is 13.4. The molecule has 0 spiro atoms. The van der Waals surface area contributed by atoms with Gasteiger partial charge in [-0.15, -0.1) is 11.3 Å². The van der Waals surface area contributed by atoms with Crippen LogP contribution in [0.5, 0.6) is 5.75 Å². The Labute approximate surface area is 249 Å². The summed E-state index contributed by atoms with van der Waals surface area (Å²) in [6.07, 6.45) is 2.27. The number of hydrogen-bond donors (Lipinski definition) is 3. The molecule has 11 nitrogen and oxygen atoms in total. The van der Waals surface area contributed by atoms with Crippen molar-refractivity contribution >= 4 is 46.0 Å². The van der Waals surface area contributed by atoms with Crippen LogP contribution in [0.3, 0.4) is 0 Å². The molecule has 1 aliphatic heterocycles. The van der Waals surface area contributed by atoms with E-state index in [0.29, 0.717) is 29.4 Å². The Balaban J connectivity index is 0.000000379. The predicted octanol–water partition coefficient (Wildman–Crippen LogP) is 4.80. The SMILES string of the molecule is CC(C)(C)OC(=O)N1CCCC1C=O.CN.COc1ccc2c(=O)cc(-c3csc(NC(C)C)n3)[nH]c2c1.O=CCF. The van der Waals surface area contributed by atoms with E-state index in [4.69, 9.17) is 14.3 Å². The van der Waals surface area contributed by atoms with Gasteiger partial charge in [-0.3, -0.25) is 9.69 Å². The number of halogens is 1. The van der Waals surface area contributed by atoms with Gasteiger partial charge in [0, 0.05) is 35.5 Å². The van der Waals surface area contributed by atoms with Crippen molar-refractivity contribution in [2.24, 2.45) is 5.73 Å². The Kier molecular flexibility index (Phi) is 15.4. The minimum Gasteiger partial charge on any atom is -0.497 e. The molecule has 4 rings (SSSR count). The van der Waals surface area contributed by atoms with Gasteiger partial charge < -0.3 is 35.1 Å². The monoisotopic (exact) mass is 607 g/mol. The van der Waals surface area contributed by atoms with Gasteiger partial charge in [0.25, 0.3) is 0 Å². The van der Waals surface area contributed by atoms with Crippen LogP contribution in [0.4, 0.5) is 14.3 Å². The zero-order valence-electron chi connectivity index (χ0n) is 25.2. The van der Waals surface area contributed by atoms with Gasteiger partial charge in [-0.25, -0.2) is 14.2 Å². The number of methoxy groups -OCH3 is 1. The summed E-state index contributed by atoms with van der Waals surface area (Å²) in [6, 6.07) is 6.99. The number of aromatic amines is 1. The van der Waals surface area contributed by atoms with Crippen LogP contribution in [0.1, 0.15) is 47.5 Å². The lowest BCUT2D eigenvalue weighted by atomic mass is 10.1. The molecule has 1 amide bonds. The summed E-state index contributed by atoms with van der Waals surface area (Å²) in [5, 5.41) is 6.68. The molecule has 1 saturated heterocycles. The Morgan fingerprint density at radius 1 is 1.29 bits per heavy atom. The van der Waals surface area contributed by atoms with Crippen LogP contribution in [-0.2, 0) is 14.3 Å². The quantitative estimate of drug-likeness (QED) is 0.335. The Hall–Kier alpha value is -3.84. The topological polar surface area (TPSA) is 157 Å². The molecule has 3 aromatic rings. The molecule has 1 unspecified atom stereocenters. The molecule has 2 aromatic heterocycles. The molecule has 4 N–H and O–H groups in total. The fourth-order valence-electron chi connectivity index (χ4n) is 3.69. The van der Waals surface area contributed by atoms with Crippen molar-refractivity contribution in [2.45, 2.75) is 65.1 Å². The number of nitrogens with two attached hydrogens (primary N) is 1. The summed E-state index contributed by atoms with van der Waals surface area (Å²) in [4.78, 5) is 52.5. The number of thiazole rings is 1. The van der Waals surface area contributed by atoms with Gasteiger partial charge in [-0.05, 0) is 66.6 Å². The summed E-state index contributed by atoms with van der Waals surface area (Å²) in [5.74, 6) is 0.709. The van der Waals surface area contributed by atoms with E-state index in [2.05, 4.69) is 34.9 Å². The Bertz CT molecular complexity index is 1340. The van der Waals surface area contributed by atoms with E-state index in [1.165, 1.54) is 23.3 Å². The summed E-state index contributed by atoms with van der Waals surface area (Å²) in [7, 11) is 3.10. The van der Waals surface area contributed by atoms with E-state index in [1.54, 1.807) is 25.3 Å². The lowest BCUT2D eigenvalue weighted by molar-refractivity contribution is -0.111. The summed E-state index contributed by atoms with van der Waals surface area (Å²) in [5.41, 5.74) is 6.19. The number of anilines is 1. The van der Waals surface area contributed by atoms with Crippen LogP contribution in [0, 0.1) is 0 Å². The second kappa shape index (κ2) is 17.9. The number of benzene rings is 1. The summed E-state index contributed by atoms with van der Waals surface area (Å²) in [6.45, 7) is 9.33. The third kappa shape index (κ3) is 11.6. The van der Waals surface area contributed by atoms with Gasteiger partial charge in [0.2, 0.25) is 0 Å². The van der Waals surface area contributed by atoms with E-state index in [0.717, 1.165) is 35.5 Å². The molecule has 0 bridgehead atoms. The van der Waals surface area contributed by atoms with Crippen molar-refractivity contribution in [3.8, 4) is 17.1 Å². The minimum absolute atomic E-state index is 0.0298. The van der Waals surface area contributed by atoms with Crippen LogP contribution in [0.25, 0.3) is 22.3 Å². The molecule has 3 heterocycles. The highest BCUT2D eigenvalue weighted by molar-refractivity contribution is 7.14. The van der Waals surface area contributed by atoms with Crippen LogP contribution in [0.15, 0.2) is 34.4 Å². The number of H-pyrrole nitrogens is 1. The molecule has 13 heteroatoms. The molecule has 42 heavy (non-hydrogen) atoms. The smallest absolute Gasteiger partial charge is 0.410 e. The normalized spacial score (nSPS) is 14.0. The van der Waals surface area contributed by atoms with Crippen molar-refractivity contribution in [3.05, 3.63) is 39.9 Å². The molecule has 1 fully saturated rings. The summed E-state index contributed by atoms with van der Waals surface area (Å²) >= 11 is 1.52. The van der Waals surface area contributed by atoms with Gasteiger partial charge in [0.05, 0.1) is 30.1 Å². The maximum Gasteiger partial charge on any atom is 0.410 e. The van der Waals surface area contributed by atoms with Crippen molar-refractivity contribution in [3.63, 3.8) is 0 Å². The fraction of sp³-hybridized carbons (Fsp3) is 0.483. The number of hydrogen-bond acceptors (Lipinski definition) is 10. The van der Waals surface area contributed by atoms with Gasteiger partial charge in [-0.2, -0.15) is 0 Å². The average Bonchev–Trinajstić information content (AvgIpc) is 3.63. The Morgan fingerprint density at radius 3 is 2.50 bits per heavy atom. The molecule has 0 radical (unpaired) electrons. The third-order valence-corrected chi connectivity index (χ3v) is 6.15. The number of carbonyl (C=O) groups is 3. The fourth-order valence-corrected chi connectivity index (χ4v) is 4.55. The molecule has 1 aliphatic rings. The van der Waals surface area contributed by atoms with Crippen molar-refractivity contribution in [1.82, 2.24) is 14.9 Å². The highest BCUT2D eigenvalue weighted by Crippen LogP contribution is 2.25. The van der Waals surface area contributed by atoms with Gasteiger partial charge >= 0.3 is 6.09 Å². The van der Waals surface area contributed by atoms with E-state index in [1.807, 2.05) is 32.2 Å². The third-order valence-electron chi connectivity index (χ3n) is 5.38. The maximum absolute atomic E-state index is 12.3. The number of aromatic nitrogens is 2. The number of amides is 1. The van der Waals surface area contributed by atoms with Crippen LogP contribution in [0.2, 0.25) is 0 Å². The van der Waals surface area contributed by atoms with Crippen LogP contribution in [-0.4, -0.2) is 78.6 Å². The summed E-state index contributed by atoms with van der Waals surface area (Å²) < 4.78 is 20.7. The molecule has 0 aliphatic carbocycles. The minimum atomic E-state index is -0.861. The number of aldehydes is 2. The van der Waals surface area contributed by atoms with Crippen molar-refractivity contribution in [2.75, 3.05) is 32.7 Å². The molecular formula is C29H42FN5O6S. The zero-order chi connectivity index (χ0) is 31.9. The average molecular weight is 608 g/mol. The van der Waals surface area contributed by atoms with Crippen LogP contribution < -0.4 is 21.2 Å². The van der Waals surface area contributed by atoms with Gasteiger partial charge in [0.15, 0.2) is 16.8 Å². The first kappa shape index (κ1) is 36.2. The maximum atomic E-state index is 12.3. The molecule has 1 atom stereocenters. The Morgan fingerprint density at radius 2 is 1.95 bits per heavy atom. The number of fused-ring (bicyclic) bond motifs is 1. The predicted molar refractivity (Wildman–Crippen MR) is 165 cm³/mol. The second-order valence-corrected chi connectivity index (χ2v) is 11.0. The zero-order valence-corrected chi connectivity index (χ0v) is 26.0. The highest BCUT2D eigenvalue weighted by atomic mass is 32.1. The van der Waals surface area contributed by atoms with Crippen LogP contribution >= 0.6 is 11.3 Å². The first-order chi connectivity index (χ1) is 19.9. The van der Waals surface area contributed by atoms with E-state index < -0.39 is 12.3 Å². The first-order valence-corrected chi connectivity index (χ1v) is 14.3. The molecular weight excluding hydrogens is 565 g/mol. The molecule has 1 aromatic carbocycles. The van der Waals surface area contributed by atoms with Gasteiger partial charge in [0.1, 0.15) is 24.3 Å². The van der Waals surface area contributed by atoms with Crippen molar-refractivity contribution < 1.29 is 28.2 Å².